The highest BCUT2D eigenvalue weighted by atomic mass is 32.1. The molecule has 5 heteroatoms. The molecule has 1 aromatic heterocycles. The molecule has 4 nitrogen and oxygen atoms in total. The Kier molecular flexibility index (Phi) is 2.83. The maximum atomic E-state index is 11.5. The van der Waals surface area contributed by atoms with Crippen LogP contribution in [0.1, 0.15) is 11.4 Å². The minimum Gasteiger partial charge on any atom is -0.335 e. The Morgan fingerprint density at radius 3 is 2.83 bits per heavy atom. The molecule has 92 valence electrons. The molecule has 1 amide bonds. The Morgan fingerprint density at radius 2 is 2.11 bits per heavy atom. The van der Waals surface area contributed by atoms with Crippen LogP contribution >= 0.6 is 11.3 Å². The normalized spacial score (nSPS) is 15.9. The number of nitrogens with zero attached hydrogens (tertiary/aromatic N) is 2. The largest absolute Gasteiger partial charge is 0.335 e. The van der Waals surface area contributed by atoms with Gasteiger partial charge in [-0.15, -0.1) is 11.3 Å². The standard InChI is InChI=1S/C13H12N2O2S/c16-9-7-13(17)15(8-9)6-5-12-14-10-3-1-2-4-11(10)18-12/h1-4H,5-8H2. The van der Waals surface area contributed by atoms with E-state index in [1.165, 1.54) is 0 Å². The van der Waals surface area contributed by atoms with E-state index in [1.54, 1.807) is 16.2 Å². The highest BCUT2D eigenvalue weighted by Crippen LogP contribution is 2.22. The Hall–Kier alpha value is -1.75. The molecule has 0 N–H and O–H groups in total. The summed E-state index contributed by atoms with van der Waals surface area (Å²) in [4.78, 5) is 28.7. The summed E-state index contributed by atoms with van der Waals surface area (Å²) in [5.74, 6) is -0.0367. The van der Waals surface area contributed by atoms with Crippen LogP contribution < -0.4 is 0 Å². The van der Waals surface area contributed by atoms with Gasteiger partial charge in [-0.25, -0.2) is 4.98 Å². The first kappa shape index (κ1) is 11.3. The van der Waals surface area contributed by atoms with Gasteiger partial charge in [0.15, 0.2) is 5.78 Å². The number of aromatic nitrogens is 1. The van der Waals surface area contributed by atoms with Crippen LogP contribution in [0.15, 0.2) is 24.3 Å². The first-order valence-corrected chi connectivity index (χ1v) is 6.68. The molecule has 0 spiro atoms. The van der Waals surface area contributed by atoms with E-state index < -0.39 is 0 Å². The van der Waals surface area contributed by atoms with Crippen molar-refractivity contribution in [1.29, 1.82) is 0 Å². The van der Waals surface area contributed by atoms with Gasteiger partial charge in [0.1, 0.15) is 0 Å². The smallest absolute Gasteiger partial charge is 0.230 e. The first-order chi connectivity index (χ1) is 8.72. The Balaban J connectivity index is 1.69. The number of fused-ring (bicyclic) bond motifs is 1. The number of Topliss-reactive ketones (excluding diaryl/α,β-unsaturated/α-hetero) is 1. The van der Waals surface area contributed by atoms with Crippen LogP contribution in [0.5, 0.6) is 0 Å². The lowest BCUT2D eigenvalue weighted by atomic mass is 10.3. The SMILES string of the molecule is O=C1CC(=O)N(CCc2nc3ccccc3s2)C1. The molecule has 0 bridgehead atoms. The minimum absolute atomic E-state index is 0.0179. The molecule has 1 saturated heterocycles. The van der Waals surface area contributed by atoms with Crippen molar-refractivity contribution in [2.24, 2.45) is 0 Å². The first-order valence-electron chi connectivity index (χ1n) is 5.86. The van der Waals surface area contributed by atoms with Crippen molar-refractivity contribution < 1.29 is 9.59 Å². The zero-order valence-corrected chi connectivity index (χ0v) is 10.6. The molecule has 1 fully saturated rings. The lowest BCUT2D eigenvalue weighted by Gasteiger charge is -2.12. The van der Waals surface area contributed by atoms with Gasteiger partial charge < -0.3 is 4.90 Å². The van der Waals surface area contributed by atoms with Crippen molar-refractivity contribution in [2.75, 3.05) is 13.1 Å². The maximum Gasteiger partial charge on any atom is 0.230 e. The van der Waals surface area contributed by atoms with Crippen LogP contribution in [0.2, 0.25) is 0 Å². The Labute approximate surface area is 108 Å². The van der Waals surface area contributed by atoms with Crippen LogP contribution in [0.4, 0.5) is 0 Å². The average Bonchev–Trinajstić information content (AvgIpc) is 2.89. The number of benzene rings is 1. The third kappa shape index (κ3) is 2.13. The summed E-state index contributed by atoms with van der Waals surface area (Å²) in [6.45, 7) is 0.855. The second-order valence-electron chi connectivity index (χ2n) is 4.36. The highest BCUT2D eigenvalue weighted by molar-refractivity contribution is 7.18. The molecule has 1 aliphatic rings. The summed E-state index contributed by atoms with van der Waals surface area (Å²) < 4.78 is 1.16. The van der Waals surface area contributed by atoms with Gasteiger partial charge in [-0.1, -0.05) is 12.1 Å². The van der Waals surface area contributed by atoms with Crippen molar-refractivity contribution in [3.63, 3.8) is 0 Å². The molecule has 0 atom stereocenters. The Bertz CT molecular complexity index is 587. The summed E-state index contributed by atoms with van der Waals surface area (Å²) >= 11 is 1.65. The van der Waals surface area contributed by atoms with E-state index in [0.29, 0.717) is 6.54 Å². The summed E-state index contributed by atoms with van der Waals surface area (Å²) in [5.41, 5.74) is 1.00. The molecule has 3 rings (SSSR count). The summed E-state index contributed by atoms with van der Waals surface area (Å²) in [7, 11) is 0. The number of hydrogen-bond acceptors (Lipinski definition) is 4. The molecular formula is C13H12N2O2S. The molecule has 1 aliphatic heterocycles. The lowest BCUT2D eigenvalue weighted by Crippen LogP contribution is -2.27. The van der Waals surface area contributed by atoms with Crippen molar-refractivity contribution in [3.05, 3.63) is 29.3 Å². The van der Waals surface area contributed by atoms with Gasteiger partial charge in [0.25, 0.3) is 0 Å². The monoisotopic (exact) mass is 260 g/mol. The number of ketones is 1. The van der Waals surface area contributed by atoms with Crippen molar-refractivity contribution in [2.45, 2.75) is 12.8 Å². The van der Waals surface area contributed by atoms with E-state index in [1.807, 2.05) is 24.3 Å². The van der Waals surface area contributed by atoms with E-state index in [0.717, 1.165) is 21.6 Å². The zero-order valence-electron chi connectivity index (χ0n) is 9.76. The van der Waals surface area contributed by atoms with Crippen LogP contribution in [-0.2, 0) is 16.0 Å². The van der Waals surface area contributed by atoms with Gasteiger partial charge in [0, 0.05) is 13.0 Å². The molecule has 0 aliphatic carbocycles. The van der Waals surface area contributed by atoms with E-state index >= 15 is 0 Å². The number of amides is 1. The molecule has 0 saturated carbocycles. The Morgan fingerprint density at radius 1 is 1.28 bits per heavy atom. The predicted octanol–water partition coefficient (Wildman–Crippen LogP) is 1.64. The number of hydrogen-bond donors (Lipinski definition) is 0. The third-order valence-electron chi connectivity index (χ3n) is 3.00. The fourth-order valence-corrected chi connectivity index (χ4v) is 3.05. The van der Waals surface area contributed by atoms with Crippen molar-refractivity contribution in [3.8, 4) is 0 Å². The second-order valence-corrected chi connectivity index (χ2v) is 5.47. The summed E-state index contributed by atoms with van der Waals surface area (Å²) in [5, 5.41) is 1.02. The van der Waals surface area contributed by atoms with Crippen molar-refractivity contribution >= 4 is 33.2 Å². The molecule has 1 aromatic carbocycles. The molecule has 0 unspecified atom stereocenters. The highest BCUT2D eigenvalue weighted by Gasteiger charge is 2.26. The number of carbonyl (C=O) groups excluding carboxylic acids is 2. The average molecular weight is 260 g/mol. The zero-order chi connectivity index (χ0) is 12.5. The van der Waals surface area contributed by atoms with Gasteiger partial charge in [-0.2, -0.15) is 0 Å². The number of thiazole rings is 1. The molecule has 2 aromatic rings. The number of rotatable bonds is 3. The molecule has 18 heavy (non-hydrogen) atoms. The van der Waals surface area contributed by atoms with Crippen LogP contribution in [0.3, 0.4) is 0 Å². The summed E-state index contributed by atoms with van der Waals surface area (Å²) in [6.07, 6.45) is 0.790. The molecular weight excluding hydrogens is 248 g/mol. The van der Waals surface area contributed by atoms with Gasteiger partial charge in [0.2, 0.25) is 5.91 Å². The molecule has 2 heterocycles. The van der Waals surface area contributed by atoms with Crippen LogP contribution in [0, 0.1) is 0 Å². The number of para-hydroxylation sites is 1. The van der Waals surface area contributed by atoms with E-state index in [-0.39, 0.29) is 24.7 Å². The predicted molar refractivity (Wildman–Crippen MR) is 69.5 cm³/mol. The van der Waals surface area contributed by atoms with E-state index in [9.17, 15) is 9.59 Å². The topological polar surface area (TPSA) is 50.3 Å². The summed E-state index contributed by atoms with van der Waals surface area (Å²) in [6, 6.07) is 7.99. The number of likely N-dealkylation sites (tertiary alicyclic amines) is 1. The second kappa shape index (κ2) is 4.49. The van der Waals surface area contributed by atoms with Crippen LogP contribution in [-0.4, -0.2) is 34.7 Å². The lowest BCUT2D eigenvalue weighted by molar-refractivity contribution is -0.127. The van der Waals surface area contributed by atoms with Gasteiger partial charge in [-0.05, 0) is 12.1 Å². The van der Waals surface area contributed by atoms with E-state index in [2.05, 4.69) is 4.98 Å². The third-order valence-corrected chi connectivity index (χ3v) is 4.10. The van der Waals surface area contributed by atoms with Gasteiger partial charge >= 0.3 is 0 Å². The molecule has 0 radical (unpaired) electrons. The fraction of sp³-hybridized carbons (Fsp3) is 0.308. The van der Waals surface area contributed by atoms with Crippen molar-refractivity contribution in [1.82, 2.24) is 9.88 Å². The van der Waals surface area contributed by atoms with E-state index in [4.69, 9.17) is 0 Å². The van der Waals surface area contributed by atoms with Gasteiger partial charge in [0.05, 0.1) is 28.2 Å². The fourth-order valence-electron chi connectivity index (χ4n) is 2.10. The quantitative estimate of drug-likeness (QED) is 0.788. The number of carbonyl (C=O) groups is 2. The maximum absolute atomic E-state index is 11.5. The van der Waals surface area contributed by atoms with Crippen LogP contribution in [0.25, 0.3) is 10.2 Å². The minimum atomic E-state index is -0.0545. The van der Waals surface area contributed by atoms with Gasteiger partial charge in [-0.3, -0.25) is 9.59 Å².